The fraction of sp³-hybridized carbons (Fsp3) is 0.737. The molecule has 0 aliphatic heterocycles. The number of carbonyl (C=O) groups is 1. The first-order valence-corrected chi connectivity index (χ1v) is 8.44. The number of rotatable bonds is 11. The number of unbranched alkanes of at least 4 members (excludes halogenated alkanes) is 7. The Kier molecular flexibility index (Phi) is 14.9. The second-order valence-corrected chi connectivity index (χ2v) is 5.43. The molecule has 1 atom stereocenters. The molecule has 0 aromatic rings. The summed E-state index contributed by atoms with van der Waals surface area (Å²) in [6.07, 6.45) is 10.3. The Morgan fingerprint density at radius 1 is 1.05 bits per heavy atom. The monoisotopic (exact) mass is 306 g/mol. The largest absolute Gasteiger partial charge is 0.469 e. The maximum absolute atomic E-state index is 10.9. The number of carbonyl (C=O) groups excluding carboxylic acids is 1. The molecule has 0 aliphatic rings. The van der Waals surface area contributed by atoms with Crippen LogP contribution in [0.2, 0.25) is 0 Å². The highest BCUT2D eigenvalue weighted by Gasteiger charge is 2.02. The molecular weight excluding hydrogens is 276 g/mol. The van der Waals surface area contributed by atoms with Crippen molar-refractivity contribution in [3.8, 4) is 23.7 Å². The number of ether oxygens (including phenoxy) is 1. The third kappa shape index (κ3) is 14.9. The summed E-state index contributed by atoms with van der Waals surface area (Å²) in [6, 6.07) is 0. The fourth-order valence-corrected chi connectivity index (χ4v) is 2.00. The molecule has 0 aliphatic carbocycles. The topological polar surface area (TPSA) is 46.5 Å². The van der Waals surface area contributed by atoms with E-state index in [1.54, 1.807) is 0 Å². The van der Waals surface area contributed by atoms with Crippen molar-refractivity contribution in [2.24, 2.45) is 0 Å². The fourth-order valence-electron chi connectivity index (χ4n) is 2.00. The van der Waals surface area contributed by atoms with Gasteiger partial charge in [0.15, 0.2) is 0 Å². The smallest absolute Gasteiger partial charge is 0.305 e. The third-order valence-electron chi connectivity index (χ3n) is 3.38. The van der Waals surface area contributed by atoms with Crippen molar-refractivity contribution in [1.29, 1.82) is 0 Å². The van der Waals surface area contributed by atoms with Gasteiger partial charge in [-0.1, -0.05) is 50.9 Å². The highest BCUT2D eigenvalue weighted by atomic mass is 16.5. The third-order valence-corrected chi connectivity index (χ3v) is 3.38. The summed E-state index contributed by atoms with van der Waals surface area (Å²) in [5.74, 6) is 11.0. The van der Waals surface area contributed by atoms with Gasteiger partial charge >= 0.3 is 5.97 Å². The number of hydrogen-bond acceptors (Lipinski definition) is 3. The Balaban J connectivity index is 3.56. The van der Waals surface area contributed by atoms with E-state index in [4.69, 9.17) is 0 Å². The van der Waals surface area contributed by atoms with Crippen LogP contribution in [0.4, 0.5) is 0 Å². The van der Waals surface area contributed by atoms with E-state index >= 15 is 0 Å². The molecule has 0 amide bonds. The van der Waals surface area contributed by atoms with E-state index in [0.717, 1.165) is 25.7 Å². The zero-order valence-electron chi connectivity index (χ0n) is 14.1. The molecule has 0 saturated heterocycles. The van der Waals surface area contributed by atoms with Gasteiger partial charge in [0.2, 0.25) is 0 Å². The van der Waals surface area contributed by atoms with Gasteiger partial charge in [0.05, 0.1) is 7.11 Å². The minimum atomic E-state index is -0.652. The molecule has 3 heteroatoms. The van der Waals surface area contributed by atoms with Crippen molar-refractivity contribution in [3.05, 3.63) is 0 Å². The molecule has 0 bridgehead atoms. The second-order valence-electron chi connectivity index (χ2n) is 5.43. The summed E-state index contributed by atoms with van der Waals surface area (Å²) < 4.78 is 4.55. The van der Waals surface area contributed by atoms with Crippen LogP contribution in [0.25, 0.3) is 0 Å². The lowest BCUT2D eigenvalue weighted by molar-refractivity contribution is -0.140. The van der Waals surface area contributed by atoms with Gasteiger partial charge in [-0.15, -0.1) is 0 Å². The average molecular weight is 306 g/mol. The molecule has 0 rings (SSSR count). The zero-order chi connectivity index (χ0) is 16.5. The van der Waals surface area contributed by atoms with Crippen LogP contribution < -0.4 is 0 Å². The summed E-state index contributed by atoms with van der Waals surface area (Å²) in [4.78, 5) is 10.9. The molecule has 0 spiro atoms. The molecule has 0 saturated carbocycles. The lowest BCUT2D eigenvalue weighted by Gasteiger charge is -2.02. The van der Waals surface area contributed by atoms with Crippen LogP contribution in [-0.4, -0.2) is 24.3 Å². The standard InChI is InChI=1S/C19H30O3/c1-3-4-5-6-7-8-9-10-11-12-15-18(20)16-13-14-17-19(21)22-2/h18,20H,3-9,13-14,16-17H2,1-2H3. The SMILES string of the molecule is CCCCCCCCC#CC#CC(O)CCCCC(=O)OC. The first kappa shape index (κ1) is 20.6. The zero-order valence-corrected chi connectivity index (χ0v) is 14.1. The quantitative estimate of drug-likeness (QED) is 0.358. The molecule has 0 aromatic heterocycles. The maximum Gasteiger partial charge on any atom is 0.305 e. The average Bonchev–Trinajstić information content (AvgIpc) is 2.53. The molecule has 0 heterocycles. The van der Waals surface area contributed by atoms with Gasteiger partial charge in [-0.05, 0) is 37.5 Å². The predicted octanol–water partition coefficient (Wildman–Crippen LogP) is 3.84. The van der Waals surface area contributed by atoms with Crippen LogP contribution >= 0.6 is 0 Å². The molecular formula is C19H30O3. The van der Waals surface area contributed by atoms with Crippen molar-refractivity contribution < 1.29 is 14.6 Å². The number of esters is 1. The van der Waals surface area contributed by atoms with Gasteiger partial charge in [-0.2, -0.15) is 0 Å². The summed E-state index contributed by atoms with van der Waals surface area (Å²) in [5, 5.41) is 9.64. The van der Waals surface area contributed by atoms with Crippen molar-refractivity contribution >= 4 is 5.97 Å². The van der Waals surface area contributed by atoms with Gasteiger partial charge < -0.3 is 9.84 Å². The van der Waals surface area contributed by atoms with Gasteiger partial charge in [0, 0.05) is 12.8 Å². The summed E-state index contributed by atoms with van der Waals surface area (Å²) >= 11 is 0. The van der Waals surface area contributed by atoms with Crippen LogP contribution in [0.1, 0.15) is 77.6 Å². The first-order chi connectivity index (χ1) is 10.7. The molecule has 1 N–H and O–H groups in total. The Morgan fingerprint density at radius 3 is 2.50 bits per heavy atom. The van der Waals surface area contributed by atoms with Gasteiger partial charge in [-0.3, -0.25) is 4.79 Å². The van der Waals surface area contributed by atoms with Crippen molar-refractivity contribution in [2.75, 3.05) is 7.11 Å². The van der Waals surface area contributed by atoms with Crippen molar-refractivity contribution in [2.45, 2.75) is 83.7 Å². The number of hydrogen-bond donors (Lipinski definition) is 1. The Morgan fingerprint density at radius 2 is 1.77 bits per heavy atom. The number of aliphatic hydroxyl groups excluding tert-OH is 1. The van der Waals surface area contributed by atoms with E-state index in [1.807, 2.05) is 0 Å². The summed E-state index contributed by atoms with van der Waals surface area (Å²) in [7, 11) is 1.38. The van der Waals surface area contributed by atoms with Crippen LogP contribution in [0.15, 0.2) is 0 Å². The number of methoxy groups -OCH3 is 1. The Bertz CT molecular complexity index is 392. The van der Waals surface area contributed by atoms with E-state index in [2.05, 4.69) is 35.3 Å². The summed E-state index contributed by atoms with van der Waals surface area (Å²) in [6.45, 7) is 2.22. The van der Waals surface area contributed by atoms with Crippen LogP contribution in [0.5, 0.6) is 0 Å². The first-order valence-electron chi connectivity index (χ1n) is 8.44. The molecule has 124 valence electrons. The van der Waals surface area contributed by atoms with E-state index in [9.17, 15) is 9.90 Å². The van der Waals surface area contributed by atoms with E-state index < -0.39 is 6.10 Å². The highest BCUT2D eigenvalue weighted by molar-refractivity contribution is 5.68. The molecule has 0 fully saturated rings. The lowest BCUT2D eigenvalue weighted by atomic mass is 10.1. The van der Waals surface area contributed by atoms with Crippen LogP contribution in [0, 0.1) is 23.7 Å². The second kappa shape index (κ2) is 15.9. The van der Waals surface area contributed by atoms with E-state index in [-0.39, 0.29) is 5.97 Å². The van der Waals surface area contributed by atoms with Crippen molar-refractivity contribution in [3.63, 3.8) is 0 Å². The number of aliphatic hydroxyl groups is 1. The molecule has 0 radical (unpaired) electrons. The molecule has 1 unspecified atom stereocenters. The lowest BCUT2D eigenvalue weighted by Crippen LogP contribution is -2.04. The van der Waals surface area contributed by atoms with E-state index in [1.165, 1.54) is 39.2 Å². The molecule has 3 nitrogen and oxygen atoms in total. The normalized spacial score (nSPS) is 10.9. The Hall–Kier alpha value is -1.45. The molecule has 22 heavy (non-hydrogen) atoms. The highest BCUT2D eigenvalue weighted by Crippen LogP contribution is 2.06. The molecule has 0 aromatic carbocycles. The van der Waals surface area contributed by atoms with Crippen molar-refractivity contribution in [1.82, 2.24) is 0 Å². The van der Waals surface area contributed by atoms with E-state index in [0.29, 0.717) is 12.8 Å². The minimum Gasteiger partial charge on any atom is -0.469 e. The van der Waals surface area contributed by atoms with Crippen LogP contribution in [-0.2, 0) is 9.53 Å². The van der Waals surface area contributed by atoms with Gasteiger partial charge in [0.25, 0.3) is 0 Å². The van der Waals surface area contributed by atoms with Gasteiger partial charge in [-0.25, -0.2) is 0 Å². The maximum atomic E-state index is 10.9. The predicted molar refractivity (Wildman–Crippen MR) is 90.0 cm³/mol. The van der Waals surface area contributed by atoms with Gasteiger partial charge in [0.1, 0.15) is 6.10 Å². The minimum absolute atomic E-state index is 0.207. The van der Waals surface area contributed by atoms with Crippen LogP contribution in [0.3, 0.4) is 0 Å². The Labute approximate surface area is 135 Å². The summed E-state index contributed by atoms with van der Waals surface area (Å²) in [5.41, 5.74) is 0.